The molecular weight excluding hydrogens is 531 g/mol. The summed E-state index contributed by atoms with van der Waals surface area (Å²) in [7, 11) is 0. The van der Waals surface area contributed by atoms with E-state index in [1.54, 1.807) is 49.4 Å². The summed E-state index contributed by atoms with van der Waals surface area (Å²) < 4.78 is 17.0. The summed E-state index contributed by atoms with van der Waals surface area (Å²) >= 11 is 17.9. The van der Waals surface area contributed by atoms with Crippen LogP contribution in [0.15, 0.2) is 71.1 Å². The van der Waals surface area contributed by atoms with Crippen molar-refractivity contribution in [1.29, 1.82) is 0 Å². The third-order valence-electron chi connectivity index (χ3n) is 4.87. The van der Waals surface area contributed by atoms with E-state index in [0.29, 0.717) is 32.3 Å². The van der Waals surface area contributed by atoms with Crippen LogP contribution in [0.2, 0.25) is 15.1 Å². The fourth-order valence-electron chi connectivity index (χ4n) is 3.19. The van der Waals surface area contributed by atoms with Gasteiger partial charge in [0, 0.05) is 22.2 Å². The van der Waals surface area contributed by atoms with Crippen molar-refractivity contribution in [3.63, 3.8) is 0 Å². The standard InChI is InChI=1S/C25H17Cl3N2O6/c1-14-8-15(26)2-5-22(14)36-20-11-17(10-18(12-20)30(32)33)29-25(31)24-7-4-19(35-24)13-34-23-6-3-16(27)9-21(23)28/h2-12H,13H2,1H3,(H,29,31). The highest BCUT2D eigenvalue weighted by atomic mass is 35.5. The van der Waals surface area contributed by atoms with Crippen molar-refractivity contribution < 1.29 is 23.6 Å². The predicted octanol–water partition coefficient (Wildman–Crippen LogP) is 8.08. The molecule has 0 bridgehead atoms. The highest BCUT2D eigenvalue weighted by molar-refractivity contribution is 6.35. The van der Waals surface area contributed by atoms with E-state index < -0.39 is 10.8 Å². The minimum absolute atomic E-state index is 0.0154. The fraction of sp³-hybridized carbons (Fsp3) is 0.0800. The van der Waals surface area contributed by atoms with Crippen molar-refractivity contribution in [1.82, 2.24) is 0 Å². The van der Waals surface area contributed by atoms with Crippen LogP contribution in [0.4, 0.5) is 11.4 Å². The number of nitro groups is 1. The van der Waals surface area contributed by atoms with Crippen molar-refractivity contribution in [2.24, 2.45) is 0 Å². The molecule has 11 heteroatoms. The number of hydrogen-bond donors (Lipinski definition) is 1. The average molecular weight is 548 g/mol. The lowest BCUT2D eigenvalue weighted by Gasteiger charge is -2.11. The number of ether oxygens (including phenoxy) is 2. The van der Waals surface area contributed by atoms with E-state index in [2.05, 4.69) is 5.32 Å². The lowest BCUT2D eigenvalue weighted by atomic mass is 10.2. The number of rotatable bonds is 8. The topological polar surface area (TPSA) is 104 Å². The van der Waals surface area contributed by atoms with Crippen molar-refractivity contribution in [2.45, 2.75) is 13.5 Å². The first-order valence-corrected chi connectivity index (χ1v) is 11.5. The van der Waals surface area contributed by atoms with Crippen LogP contribution < -0.4 is 14.8 Å². The number of furan rings is 1. The average Bonchev–Trinajstić information content (AvgIpc) is 3.29. The van der Waals surface area contributed by atoms with Gasteiger partial charge < -0.3 is 19.2 Å². The van der Waals surface area contributed by atoms with Gasteiger partial charge in [0.05, 0.1) is 21.7 Å². The minimum atomic E-state index is -0.611. The number of non-ortho nitro benzene ring substituents is 1. The Labute approximate surface area is 220 Å². The molecule has 1 heterocycles. The Morgan fingerprint density at radius 1 is 0.972 bits per heavy atom. The summed E-state index contributed by atoms with van der Waals surface area (Å²) in [6.45, 7) is 1.81. The molecule has 1 aromatic heterocycles. The third kappa shape index (κ3) is 6.28. The molecule has 8 nitrogen and oxygen atoms in total. The Morgan fingerprint density at radius 2 is 1.69 bits per heavy atom. The molecule has 0 aliphatic carbocycles. The number of amides is 1. The zero-order valence-electron chi connectivity index (χ0n) is 18.6. The van der Waals surface area contributed by atoms with Crippen molar-refractivity contribution in [3.8, 4) is 17.2 Å². The third-order valence-corrected chi connectivity index (χ3v) is 5.64. The molecule has 0 saturated carbocycles. The van der Waals surface area contributed by atoms with Gasteiger partial charge in [-0.3, -0.25) is 14.9 Å². The van der Waals surface area contributed by atoms with Gasteiger partial charge in [0.25, 0.3) is 11.6 Å². The molecule has 4 rings (SSSR count). The number of anilines is 1. The SMILES string of the molecule is Cc1cc(Cl)ccc1Oc1cc(NC(=O)c2ccc(COc3ccc(Cl)cc3Cl)o2)cc([N+](=O)[O-])c1. The Kier molecular flexibility index (Phi) is 7.69. The maximum absolute atomic E-state index is 12.7. The summed E-state index contributed by atoms with van der Waals surface area (Å²) in [4.78, 5) is 23.6. The molecule has 3 aromatic carbocycles. The molecular formula is C25H17Cl3N2O6. The molecule has 0 radical (unpaired) electrons. The van der Waals surface area contributed by atoms with Gasteiger partial charge in [-0.25, -0.2) is 0 Å². The van der Waals surface area contributed by atoms with Crippen LogP contribution in [-0.2, 0) is 6.61 Å². The van der Waals surface area contributed by atoms with E-state index in [-0.39, 0.29) is 29.5 Å². The lowest BCUT2D eigenvalue weighted by molar-refractivity contribution is -0.384. The molecule has 0 saturated heterocycles. The van der Waals surface area contributed by atoms with Gasteiger partial charge in [-0.2, -0.15) is 0 Å². The largest absolute Gasteiger partial charge is 0.484 e. The van der Waals surface area contributed by atoms with E-state index >= 15 is 0 Å². The first-order chi connectivity index (χ1) is 17.2. The molecule has 0 fully saturated rings. The van der Waals surface area contributed by atoms with Crippen molar-refractivity contribution in [3.05, 3.63) is 109 Å². The van der Waals surface area contributed by atoms with Gasteiger partial charge in [-0.15, -0.1) is 0 Å². The summed E-state index contributed by atoms with van der Waals surface area (Å²) in [5.74, 6) is 0.779. The van der Waals surface area contributed by atoms with Gasteiger partial charge in [0.1, 0.15) is 29.6 Å². The zero-order valence-corrected chi connectivity index (χ0v) is 20.9. The molecule has 1 amide bonds. The second kappa shape index (κ2) is 10.9. The second-order valence-electron chi connectivity index (χ2n) is 7.57. The molecule has 0 aliphatic heterocycles. The summed E-state index contributed by atoms with van der Waals surface area (Å²) in [6.07, 6.45) is 0. The van der Waals surface area contributed by atoms with Gasteiger partial charge in [0.2, 0.25) is 0 Å². The monoisotopic (exact) mass is 546 g/mol. The van der Waals surface area contributed by atoms with E-state index in [9.17, 15) is 14.9 Å². The van der Waals surface area contributed by atoms with Crippen LogP contribution >= 0.6 is 34.8 Å². The van der Waals surface area contributed by atoms with E-state index in [1.165, 1.54) is 24.3 Å². The number of aryl methyl sites for hydroxylation is 1. The number of hydrogen-bond acceptors (Lipinski definition) is 6. The molecule has 4 aromatic rings. The molecule has 1 N–H and O–H groups in total. The molecule has 184 valence electrons. The first kappa shape index (κ1) is 25.4. The first-order valence-electron chi connectivity index (χ1n) is 10.4. The van der Waals surface area contributed by atoms with Gasteiger partial charge in [0.15, 0.2) is 5.76 Å². The summed E-state index contributed by atoms with van der Waals surface area (Å²) in [5.41, 5.74) is 0.630. The number of nitrogens with one attached hydrogen (secondary N) is 1. The Hall–Kier alpha value is -3.72. The maximum Gasteiger partial charge on any atom is 0.291 e. The second-order valence-corrected chi connectivity index (χ2v) is 8.85. The highest BCUT2D eigenvalue weighted by Crippen LogP contribution is 2.33. The fourth-order valence-corrected chi connectivity index (χ4v) is 3.88. The smallest absolute Gasteiger partial charge is 0.291 e. The maximum atomic E-state index is 12.7. The molecule has 36 heavy (non-hydrogen) atoms. The number of benzene rings is 3. The Morgan fingerprint density at radius 3 is 2.39 bits per heavy atom. The van der Waals surface area contributed by atoms with Crippen LogP contribution in [0.1, 0.15) is 21.9 Å². The van der Waals surface area contributed by atoms with Crippen LogP contribution in [-0.4, -0.2) is 10.8 Å². The Balaban J connectivity index is 1.48. The number of carbonyl (C=O) groups is 1. The molecule has 0 aliphatic rings. The molecule has 0 unspecified atom stereocenters. The van der Waals surface area contributed by atoms with Gasteiger partial charge in [-0.05, 0) is 61.0 Å². The summed E-state index contributed by atoms with van der Waals surface area (Å²) in [5, 5.41) is 15.4. The summed E-state index contributed by atoms with van der Waals surface area (Å²) in [6, 6.07) is 16.8. The van der Waals surface area contributed by atoms with Crippen LogP contribution in [0.5, 0.6) is 17.2 Å². The molecule has 0 spiro atoms. The van der Waals surface area contributed by atoms with Gasteiger partial charge >= 0.3 is 0 Å². The van der Waals surface area contributed by atoms with Crippen LogP contribution in [0.3, 0.4) is 0 Å². The minimum Gasteiger partial charge on any atom is -0.484 e. The van der Waals surface area contributed by atoms with Crippen LogP contribution in [0, 0.1) is 17.0 Å². The van der Waals surface area contributed by atoms with E-state index in [0.717, 1.165) is 5.56 Å². The number of halogens is 3. The van der Waals surface area contributed by atoms with Crippen molar-refractivity contribution >= 4 is 52.1 Å². The van der Waals surface area contributed by atoms with Crippen LogP contribution in [0.25, 0.3) is 0 Å². The normalized spacial score (nSPS) is 10.7. The Bertz CT molecular complexity index is 1450. The van der Waals surface area contributed by atoms with E-state index in [1.807, 2.05) is 0 Å². The van der Waals surface area contributed by atoms with Crippen molar-refractivity contribution in [2.75, 3.05) is 5.32 Å². The van der Waals surface area contributed by atoms with E-state index in [4.69, 9.17) is 48.7 Å². The van der Waals surface area contributed by atoms with Gasteiger partial charge in [-0.1, -0.05) is 34.8 Å². The molecule has 0 atom stereocenters. The number of nitrogens with zero attached hydrogens (tertiary/aromatic N) is 1. The number of nitro benzene ring substituents is 1. The quantitative estimate of drug-likeness (QED) is 0.177. The highest BCUT2D eigenvalue weighted by Gasteiger charge is 2.17. The predicted molar refractivity (Wildman–Crippen MR) is 137 cm³/mol. The zero-order chi connectivity index (χ0) is 25.8. The lowest BCUT2D eigenvalue weighted by Crippen LogP contribution is -2.11. The number of carbonyl (C=O) groups excluding carboxylic acids is 1.